The van der Waals surface area contributed by atoms with E-state index < -0.39 is 11.2 Å². The van der Waals surface area contributed by atoms with Crippen molar-refractivity contribution in [2.75, 3.05) is 28.7 Å². The van der Waals surface area contributed by atoms with Crippen molar-refractivity contribution < 1.29 is 4.79 Å². The summed E-state index contributed by atoms with van der Waals surface area (Å²) >= 11 is 3.83. The maximum Gasteiger partial charge on any atom is 0.330 e. The third-order valence-electron chi connectivity index (χ3n) is 5.50. The minimum Gasteiger partial charge on any atom is -0.383 e. The van der Waals surface area contributed by atoms with Crippen LogP contribution in [0.25, 0.3) is 0 Å². The predicted molar refractivity (Wildman–Crippen MR) is 136 cm³/mol. The number of aromatic amines is 1. The molecule has 32 heavy (non-hydrogen) atoms. The highest BCUT2D eigenvalue weighted by atomic mass is 32.2. The van der Waals surface area contributed by atoms with Gasteiger partial charge in [-0.2, -0.15) is 0 Å². The summed E-state index contributed by atoms with van der Waals surface area (Å²) in [5, 5.41) is 0. The second-order valence-corrected chi connectivity index (χ2v) is 10.6. The first-order valence-corrected chi connectivity index (χ1v) is 13.3. The number of hydrogen-bond acceptors (Lipinski definition) is 6. The highest BCUT2D eigenvalue weighted by molar-refractivity contribution is 8.19. The molecule has 1 saturated heterocycles. The molecule has 1 amide bonds. The molecule has 7 nitrogen and oxygen atoms in total. The van der Waals surface area contributed by atoms with Crippen LogP contribution >= 0.6 is 23.5 Å². The lowest BCUT2D eigenvalue weighted by molar-refractivity contribution is 0.0986. The Bertz CT molecular complexity index is 1030. The summed E-state index contributed by atoms with van der Waals surface area (Å²) in [6, 6.07) is 7.62. The summed E-state index contributed by atoms with van der Waals surface area (Å²) in [7, 11) is 0. The summed E-state index contributed by atoms with van der Waals surface area (Å²) in [5.41, 5.74) is 6.89. The number of nitrogen functional groups attached to an aromatic ring is 1. The van der Waals surface area contributed by atoms with Crippen LogP contribution in [0.15, 0.2) is 33.9 Å². The van der Waals surface area contributed by atoms with Crippen molar-refractivity contribution in [3.8, 4) is 0 Å². The Morgan fingerprint density at radius 1 is 1.09 bits per heavy atom. The van der Waals surface area contributed by atoms with Crippen LogP contribution in [0, 0.1) is 0 Å². The van der Waals surface area contributed by atoms with Crippen molar-refractivity contribution in [3.63, 3.8) is 0 Å². The number of amides is 1. The summed E-state index contributed by atoms with van der Waals surface area (Å²) in [5.74, 6) is 2.04. The number of anilines is 2. The van der Waals surface area contributed by atoms with Crippen LogP contribution in [-0.4, -0.2) is 33.5 Å². The average molecular weight is 477 g/mol. The van der Waals surface area contributed by atoms with Gasteiger partial charge in [0.05, 0.1) is 4.58 Å². The van der Waals surface area contributed by atoms with Crippen molar-refractivity contribution in [2.24, 2.45) is 0 Å². The Kier molecular flexibility index (Phi) is 8.92. The number of nitrogens with zero attached hydrogens (tertiary/aromatic N) is 2. The summed E-state index contributed by atoms with van der Waals surface area (Å²) in [6.45, 7) is 4.85. The number of nitrogens with one attached hydrogen (secondary N) is 1. The van der Waals surface area contributed by atoms with Gasteiger partial charge in [0, 0.05) is 30.2 Å². The van der Waals surface area contributed by atoms with E-state index in [2.05, 4.69) is 11.9 Å². The van der Waals surface area contributed by atoms with Gasteiger partial charge in [0.2, 0.25) is 0 Å². The van der Waals surface area contributed by atoms with E-state index in [1.165, 1.54) is 15.0 Å². The minimum absolute atomic E-state index is 0.0485. The molecular weight excluding hydrogens is 444 g/mol. The van der Waals surface area contributed by atoms with E-state index in [0.29, 0.717) is 23.2 Å². The van der Waals surface area contributed by atoms with Crippen LogP contribution in [0.3, 0.4) is 0 Å². The smallest absolute Gasteiger partial charge is 0.330 e. The first kappa shape index (κ1) is 24.5. The molecule has 0 spiro atoms. The minimum atomic E-state index is -0.625. The number of benzene rings is 1. The van der Waals surface area contributed by atoms with E-state index in [1.807, 2.05) is 54.7 Å². The maximum atomic E-state index is 13.5. The quantitative estimate of drug-likeness (QED) is 0.498. The molecule has 0 aliphatic carbocycles. The van der Waals surface area contributed by atoms with E-state index in [4.69, 9.17) is 5.73 Å². The highest BCUT2D eigenvalue weighted by Gasteiger charge is 2.25. The molecule has 0 bridgehead atoms. The van der Waals surface area contributed by atoms with Crippen LogP contribution in [0.4, 0.5) is 11.5 Å². The summed E-state index contributed by atoms with van der Waals surface area (Å²) in [4.78, 5) is 42.4. The fourth-order valence-corrected chi connectivity index (χ4v) is 6.56. The number of rotatable bonds is 10. The lowest BCUT2D eigenvalue weighted by atomic mass is 10.1. The van der Waals surface area contributed by atoms with E-state index in [0.717, 1.165) is 43.6 Å². The van der Waals surface area contributed by atoms with Crippen molar-refractivity contribution in [1.82, 2.24) is 9.55 Å². The zero-order chi connectivity index (χ0) is 23.1. The lowest BCUT2D eigenvalue weighted by Crippen LogP contribution is -2.41. The molecule has 1 aromatic carbocycles. The zero-order valence-corrected chi connectivity index (χ0v) is 20.4. The van der Waals surface area contributed by atoms with Crippen LogP contribution < -0.4 is 21.9 Å². The first-order valence-electron chi connectivity index (χ1n) is 11.3. The van der Waals surface area contributed by atoms with Crippen LogP contribution in [0.5, 0.6) is 0 Å². The summed E-state index contributed by atoms with van der Waals surface area (Å²) in [6.07, 6.45) is 4.27. The van der Waals surface area contributed by atoms with E-state index in [1.54, 1.807) is 0 Å². The second kappa shape index (κ2) is 11.7. The third kappa shape index (κ3) is 5.61. The number of carbonyl (C=O) groups excluding carboxylic acids is 1. The fraction of sp³-hybridized carbons (Fsp3) is 0.522. The number of H-pyrrole nitrogens is 1. The third-order valence-corrected chi connectivity index (χ3v) is 8.61. The molecule has 1 aliphatic rings. The van der Waals surface area contributed by atoms with E-state index in [-0.39, 0.29) is 17.4 Å². The van der Waals surface area contributed by atoms with Crippen molar-refractivity contribution in [3.05, 3.63) is 56.2 Å². The highest BCUT2D eigenvalue weighted by Crippen LogP contribution is 2.45. The number of carbonyl (C=O) groups is 1. The molecular formula is C23H32N4O3S2. The Morgan fingerprint density at radius 2 is 1.75 bits per heavy atom. The molecule has 1 aromatic heterocycles. The van der Waals surface area contributed by atoms with Crippen LogP contribution in [-0.2, 0) is 6.54 Å². The SMILES string of the molecule is CCCCCN(C(=O)c1ccc(C2SCCS2)cc1)c1c(N)n(CCCC)c(=O)[nH]c1=O. The Balaban J connectivity index is 1.96. The number of hydrogen-bond donors (Lipinski definition) is 2. The molecule has 2 heterocycles. The molecule has 0 atom stereocenters. The van der Waals surface area contributed by atoms with E-state index >= 15 is 0 Å². The van der Waals surface area contributed by atoms with Gasteiger partial charge in [-0.05, 0) is 30.5 Å². The molecule has 0 unspecified atom stereocenters. The number of aromatic nitrogens is 2. The largest absolute Gasteiger partial charge is 0.383 e. The monoisotopic (exact) mass is 476 g/mol. The molecule has 1 aliphatic heterocycles. The summed E-state index contributed by atoms with van der Waals surface area (Å²) < 4.78 is 1.76. The predicted octanol–water partition coefficient (Wildman–Crippen LogP) is 4.23. The molecule has 0 radical (unpaired) electrons. The molecule has 174 valence electrons. The van der Waals surface area contributed by atoms with Gasteiger partial charge < -0.3 is 10.6 Å². The van der Waals surface area contributed by atoms with Gasteiger partial charge in [0.25, 0.3) is 11.5 Å². The van der Waals surface area contributed by atoms with Gasteiger partial charge in [0.15, 0.2) is 5.69 Å². The number of thioether (sulfide) groups is 2. The van der Waals surface area contributed by atoms with Crippen molar-refractivity contribution in [2.45, 2.75) is 57.1 Å². The fourth-order valence-electron chi connectivity index (χ4n) is 3.70. The normalized spacial score (nSPS) is 14.1. The van der Waals surface area contributed by atoms with Crippen molar-refractivity contribution >= 4 is 40.9 Å². The molecule has 3 N–H and O–H groups in total. The molecule has 9 heteroatoms. The molecule has 0 saturated carbocycles. The van der Waals surface area contributed by atoms with E-state index in [9.17, 15) is 14.4 Å². The zero-order valence-electron chi connectivity index (χ0n) is 18.8. The first-order chi connectivity index (χ1) is 15.5. The topological polar surface area (TPSA) is 101 Å². The van der Waals surface area contributed by atoms with Gasteiger partial charge in [-0.1, -0.05) is 45.2 Å². The van der Waals surface area contributed by atoms with Crippen LogP contribution in [0.2, 0.25) is 0 Å². The molecule has 3 rings (SSSR count). The van der Waals surface area contributed by atoms with Crippen LogP contribution in [0.1, 0.15) is 66.5 Å². The average Bonchev–Trinajstić information content (AvgIpc) is 3.32. The number of nitrogens with two attached hydrogens (primary N) is 1. The van der Waals surface area contributed by atoms with Gasteiger partial charge in [-0.3, -0.25) is 19.1 Å². The van der Waals surface area contributed by atoms with Gasteiger partial charge in [-0.15, -0.1) is 23.5 Å². The lowest BCUT2D eigenvalue weighted by Gasteiger charge is -2.25. The van der Waals surface area contributed by atoms with Gasteiger partial charge >= 0.3 is 5.69 Å². The van der Waals surface area contributed by atoms with Gasteiger partial charge in [0.1, 0.15) is 5.82 Å². The number of unbranched alkanes of at least 4 members (excludes halogenated alkanes) is 3. The Morgan fingerprint density at radius 3 is 2.38 bits per heavy atom. The van der Waals surface area contributed by atoms with Crippen molar-refractivity contribution in [1.29, 1.82) is 0 Å². The molecule has 2 aromatic rings. The second-order valence-electron chi connectivity index (χ2n) is 7.86. The Hall–Kier alpha value is -2.13. The Labute approximate surface area is 197 Å². The molecule has 1 fully saturated rings. The maximum absolute atomic E-state index is 13.5. The van der Waals surface area contributed by atoms with Gasteiger partial charge in [-0.25, -0.2) is 4.79 Å². The standard InChI is InChI=1S/C23H32N4O3S2/c1-3-5-7-13-26(18-19(24)27(12-6-4-2)23(30)25-20(18)28)21(29)16-8-10-17(11-9-16)22-31-14-15-32-22/h8-11,22H,3-7,12-15,24H2,1-2H3,(H,25,28,30).